The van der Waals surface area contributed by atoms with E-state index in [0.29, 0.717) is 22.3 Å². The number of hydrogen-bond acceptors (Lipinski definition) is 2. The zero-order valence-electron chi connectivity index (χ0n) is 12.4. The molecule has 0 saturated carbocycles. The maximum atomic E-state index is 12.3. The topological polar surface area (TPSA) is 29.5 Å². The van der Waals surface area contributed by atoms with Crippen LogP contribution < -0.4 is 4.74 Å². The second-order valence-electron chi connectivity index (χ2n) is 5.03. The van der Waals surface area contributed by atoms with E-state index in [0.717, 1.165) is 5.56 Å². The van der Waals surface area contributed by atoms with E-state index < -0.39 is 6.10 Å². The molecular formula is C17H17Cl2NO2. The second kappa shape index (κ2) is 7.52. The minimum absolute atomic E-state index is 0.0927. The van der Waals surface area contributed by atoms with E-state index in [1.807, 2.05) is 24.3 Å². The molecule has 5 heteroatoms. The molecule has 2 aromatic rings. The number of nitrogens with zero attached hydrogens (tertiary/aromatic N) is 1. The van der Waals surface area contributed by atoms with Crippen molar-refractivity contribution < 1.29 is 9.53 Å². The number of carbonyl (C=O) groups excluding carboxylic acids is 1. The molecule has 0 aromatic heterocycles. The van der Waals surface area contributed by atoms with E-state index in [-0.39, 0.29) is 5.91 Å². The van der Waals surface area contributed by atoms with Crippen molar-refractivity contribution in [1.29, 1.82) is 0 Å². The van der Waals surface area contributed by atoms with Gasteiger partial charge in [0.15, 0.2) is 6.10 Å². The Hall–Kier alpha value is -1.71. The van der Waals surface area contributed by atoms with Gasteiger partial charge in [0.1, 0.15) is 5.75 Å². The van der Waals surface area contributed by atoms with Gasteiger partial charge in [0, 0.05) is 23.6 Å². The summed E-state index contributed by atoms with van der Waals surface area (Å²) in [6.45, 7) is 2.24. The molecule has 0 aliphatic carbocycles. The largest absolute Gasteiger partial charge is 0.481 e. The number of rotatable bonds is 5. The summed E-state index contributed by atoms with van der Waals surface area (Å²) in [7, 11) is 1.75. The first-order valence-corrected chi connectivity index (χ1v) is 7.63. The van der Waals surface area contributed by atoms with E-state index in [1.165, 1.54) is 0 Å². The average Bonchev–Trinajstić information content (AvgIpc) is 2.51. The normalized spacial score (nSPS) is 11.8. The highest BCUT2D eigenvalue weighted by atomic mass is 35.5. The van der Waals surface area contributed by atoms with Gasteiger partial charge >= 0.3 is 0 Å². The number of ether oxygens (including phenoxy) is 1. The molecule has 0 aliphatic rings. The molecule has 0 radical (unpaired) electrons. The van der Waals surface area contributed by atoms with Gasteiger partial charge in [0.05, 0.1) is 0 Å². The van der Waals surface area contributed by atoms with Gasteiger partial charge in [-0.15, -0.1) is 0 Å². The number of benzene rings is 2. The van der Waals surface area contributed by atoms with Crippen LogP contribution in [0, 0.1) is 0 Å². The molecule has 1 amide bonds. The summed E-state index contributed by atoms with van der Waals surface area (Å²) in [6.07, 6.45) is -0.571. The van der Waals surface area contributed by atoms with Gasteiger partial charge in [0.25, 0.3) is 5.91 Å². The van der Waals surface area contributed by atoms with Crippen LogP contribution in [0.1, 0.15) is 12.5 Å². The highest BCUT2D eigenvalue weighted by Gasteiger charge is 2.19. The van der Waals surface area contributed by atoms with Crippen molar-refractivity contribution in [3.63, 3.8) is 0 Å². The fourth-order valence-electron chi connectivity index (χ4n) is 2.02. The molecule has 0 heterocycles. The third-order valence-electron chi connectivity index (χ3n) is 3.18. The summed E-state index contributed by atoms with van der Waals surface area (Å²) >= 11 is 11.7. The Morgan fingerprint density at radius 2 is 1.55 bits per heavy atom. The highest BCUT2D eigenvalue weighted by Crippen LogP contribution is 2.18. The van der Waals surface area contributed by atoms with Gasteiger partial charge in [-0.2, -0.15) is 0 Å². The first-order valence-electron chi connectivity index (χ1n) is 6.87. The maximum absolute atomic E-state index is 12.3. The van der Waals surface area contributed by atoms with Gasteiger partial charge in [-0.3, -0.25) is 4.79 Å². The van der Waals surface area contributed by atoms with Crippen molar-refractivity contribution in [1.82, 2.24) is 4.90 Å². The zero-order valence-corrected chi connectivity index (χ0v) is 13.9. The predicted molar refractivity (Wildman–Crippen MR) is 89.5 cm³/mol. The van der Waals surface area contributed by atoms with Gasteiger partial charge in [-0.05, 0) is 48.9 Å². The maximum Gasteiger partial charge on any atom is 0.263 e. The molecule has 0 unspecified atom stereocenters. The lowest BCUT2D eigenvalue weighted by Gasteiger charge is -2.22. The van der Waals surface area contributed by atoms with Crippen molar-refractivity contribution in [2.24, 2.45) is 0 Å². The lowest BCUT2D eigenvalue weighted by Crippen LogP contribution is -2.37. The Balaban J connectivity index is 1.94. The molecule has 0 saturated heterocycles. The predicted octanol–water partition coefficient (Wildman–Crippen LogP) is 4.42. The van der Waals surface area contributed by atoms with E-state index in [1.54, 1.807) is 43.1 Å². The first-order chi connectivity index (χ1) is 10.5. The molecule has 116 valence electrons. The molecule has 22 heavy (non-hydrogen) atoms. The Kier molecular flexibility index (Phi) is 5.69. The minimum atomic E-state index is -0.571. The van der Waals surface area contributed by atoms with Gasteiger partial charge in [-0.25, -0.2) is 0 Å². The number of halogens is 2. The number of amides is 1. The van der Waals surface area contributed by atoms with Crippen LogP contribution in [0.4, 0.5) is 0 Å². The molecule has 0 aliphatic heterocycles. The Morgan fingerprint density at radius 3 is 2.09 bits per heavy atom. The molecule has 2 rings (SSSR count). The minimum Gasteiger partial charge on any atom is -0.481 e. The summed E-state index contributed by atoms with van der Waals surface area (Å²) in [6, 6.07) is 14.4. The average molecular weight is 338 g/mol. The van der Waals surface area contributed by atoms with Crippen LogP contribution in [0.5, 0.6) is 5.75 Å². The second-order valence-corrected chi connectivity index (χ2v) is 5.91. The molecule has 2 aromatic carbocycles. The summed E-state index contributed by atoms with van der Waals surface area (Å²) < 4.78 is 5.64. The van der Waals surface area contributed by atoms with E-state index in [9.17, 15) is 4.79 Å². The van der Waals surface area contributed by atoms with Gasteiger partial charge < -0.3 is 9.64 Å². The van der Waals surface area contributed by atoms with Crippen LogP contribution in [-0.4, -0.2) is 24.0 Å². The van der Waals surface area contributed by atoms with Crippen LogP contribution in [0.3, 0.4) is 0 Å². The summed E-state index contributed by atoms with van der Waals surface area (Å²) in [5.74, 6) is 0.523. The molecular weight excluding hydrogens is 321 g/mol. The molecule has 0 fully saturated rings. The van der Waals surface area contributed by atoms with Crippen molar-refractivity contribution in [2.75, 3.05) is 7.05 Å². The quantitative estimate of drug-likeness (QED) is 0.808. The Labute approximate surface area is 140 Å². The van der Waals surface area contributed by atoms with Crippen molar-refractivity contribution >= 4 is 29.1 Å². The van der Waals surface area contributed by atoms with Crippen molar-refractivity contribution in [3.05, 3.63) is 64.1 Å². The molecule has 3 nitrogen and oxygen atoms in total. The lowest BCUT2D eigenvalue weighted by molar-refractivity contribution is -0.137. The lowest BCUT2D eigenvalue weighted by atomic mass is 10.2. The summed E-state index contributed by atoms with van der Waals surface area (Å²) in [4.78, 5) is 14.0. The Bertz CT molecular complexity index is 571. The van der Waals surface area contributed by atoms with E-state index >= 15 is 0 Å². The fraction of sp³-hybridized carbons (Fsp3) is 0.235. The zero-order chi connectivity index (χ0) is 16.1. The standard InChI is InChI=1S/C17H17Cl2NO2/c1-12(22-16-9-7-15(19)8-10-16)17(21)20(2)11-13-3-5-14(18)6-4-13/h3-10,12H,11H2,1-2H3/t12-/m0/s1. The number of carbonyl (C=O) groups is 1. The number of hydrogen-bond donors (Lipinski definition) is 0. The van der Waals surface area contributed by atoms with Crippen LogP contribution in [0.2, 0.25) is 10.0 Å². The van der Waals surface area contributed by atoms with Gasteiger partial charge in [-0.1, -0.05) is 35.3 Å². The van der Waals surface area contributed by atoms with Gasteiger partial charge in [0.2, 0.25) is 0 Å². The SMILES string of the molecule is C[C@H](Oc1ccc(Cl)cc1)C(=O)N(C)Cc1ccc(Cl)cc1. The number of likely N-dealkylation sites (N-methyl/N-ethyl adjacent to an activating group) is 1. The molecule has 0 bridgehead atoms. The Morgan fingerprint density at radius 1 is 1.05 bits per heavy atom. The van der Waals surface area contributed by atoms with Crippen LogP contribution in [0.15, 0.2) is 48.5 Å². The van der Waals surface area contributed by atoms with Crippen LogP contribution in [0.25, 0.3) is 0 Å². The van der Waals surface area contributed by atoms with E-state index in [4.69, 9.17) is 27.9 Å². The third-order valence-corrected chi connectivity index (χ3v) is 3.69. The van der Waals surface area contributed by atoms with Crippen LogP contribution >= 0.6 is 23.2 Å². The highest BCUT2D eigenvalue weighted by molar-refractivity contribution is 6.30. The van der Waals surface area contributed by atoms with Crippen molar-refractivity contribution in [2.45, 2.75) is 19.6 Å². The van der Waals surface area contributed by atoms with Crippen LogP contribution in [-0.2, 0) is 11.3 Å². The fourth-order valence-corrected chi connectivity index (χ4v) is 2.27. The molecule has 0 spiro atoms. The van der Waals surface area contributed by atoms with E-state index in [2.05, 4.69) is 0 Å². The summed E-state index contributed by atoms with van der Waals surface area (Å²) in [5, 5.41) is 1.31. The molecule has 0 N–H and O–H groups in total. The summed E-state index contributed by atoms with van der Waals surface area (Å²) in [5.41, 5.74) is 1.01. The monoisotopic (exact) mass is 337 g/mol. The third kappa shape index (κ3) is 4.65. The first kappa shape index (κ1) is 16.7. The smallest absolute Gasteiger partial charge is 0.263 e. The molecule has 1 atom stereocenters. The van der Waals surface area contributed by atoms with Crippen molar-refractivity contribution in [3.8, 4) is 5.75 Å².